The molecule has 74 valence electrons. The van der Waals surface area contributed by atoms with Crippen molar-refractivity contribution in [1.29, 1.82) is 0 Å². The highest BCUT2D eigenvalue weighted by Crippen LogP contribution is 2.30. The Morgan fingerprint density at radius 1 is 1.08 bits per heavy atom. The van der Waals surface area contributed by atoms with Gasteiger partial charge in [0.25, 0.3) is 0 Å². The Labute approximate surface area is 80.3 Å². The van der Waals surface area contributed by atoms with Crippen molar-refractivity contribution >= 4 is 5.91 Å². The van der Waals surface area contributed by atoms with Gasteiger partial charge in [-0.15, -0.1) is 0 Å². The van der Waals surface area contributed by atoms with E-state index >= 15 is 0 Å². The van der Waals surface area contributed by atoms with E-state index in [1.165, 1.54) is 32.1 Å². The van der Waals surface area contributed by atoms with E-state index in [9.17, 15) is 4.79 Å². The molecule has 0 bridgehead atoms. The predicted molar refractivity (Wildman–Crippen MR) is 52.4 cm³/mol. The molecular weight excluding hydrogens is 162 g/mol. The number of rotatable bonds is 2. The molecule has 0 unspecified atom stereocenters. The van der Waals surface area contributed by atoms with Gasteiger partial charge in [0.15, 0.2) is 0 Å². The number of carbonyl (C=O) groups excluding carboxylic acids is 1. The summed E-state index contributed by atoms with van der Waals surface area (Å²) in [4.78, 5) is 13.9. The number of amides is 1. The second-order valence-corrected chi connectivity index (χ2v) is 4.52. The summed E-state index contributed by atoms with van der Waals surface area (Å²) in [6.07, 6.45) is 8.58. The lowest BCUT2D eigenvalue weighted by atomic mass is 9.88. The maximum atomic E-state index is 11.9. The minimum atomic E-state index is 0.361. The van der Waals surface area contributed by atoms with Crippen LogP contribution in [0, 0.1) is 5.92 Å². The Morgan fingerprint density at radius 2 is 1.69 bits per heavy atom. The van der Waals surface area contributed by atoms with Crippen molar-refractivity contribution < 1.29 is 4.79 Å². The SMILES string of the molecule is CN(C(=O)C1CCCCC1)C1CC1. The van der Waals surface area contributed by atoms with Crippen molar-refractivity contribution in [2.45, 2.75) is 51.0 Å². The molecule has 0 N–H and O–H groups in total. The van der Waals surface area contributed by atoms with Gasteiger partial charge in [-0.25, -0.2) is 0 Å². The molecule has 2 aliphatic rings. The van der Waals surface area contributed by atoms with Crippen LogP contribution in [-0.4, -0.2) is 23.9 Å². The highest BCUT2D eigenvalue weighted by molar-refractivity contribution is 5.79. The Kier molecular flexibility index (Phi) is 2.56. The molecule has 0 aromatic rings. The normalized spacial score (nSPS) is 24.4. The lowest BCUT2D eigenvalue weighted by Crippen LogP contribution is -2.35. The number of nitrogens with zero attached hydrogens (tertiary/aromatic N) is 1. The largest absolute Gasteiger partial charge is 0.343 e. The number of hydrogen-bond donors (Lipinski definition) is 0. The highest BCUT2D eigenvalue weighted by atomic mass is 16.2. The molecular formula is C11H19NO. The standard InChI is InChI=1S/C11H19NO/c1-12(10-7-8-10)11(13)9-5-3-2-4-6-9/h9-10H,2-8H2,1H3. The van der Waals surface area contributed by atoms with Gasteiger partial charge in [-0.05, 0) is 25.7 Å². The van der Waals surface area contributed by atoms with Crippen LogP contribution in [0.25, 0.3) is 0 Å². The van der Waals surface area contributed by atoms with Gasteiger partial charge >= 0.3 is 0 Å². The van der Waals surface area contributed by atoms with Gasteiger partial charge in [0.1, 0.15) is 0 Å². The van der Waals surface area contributed by atoms with Crippen LogP contribution >= 0.6 is 0 Å². The van der Waals surface area contributed by atoms with E-state index in [0.717, 1.165) is 12.8 Å². The summed E-state index contributed by atoms with van der Waals surface area (Å²) in [6.45, 7) is 0. The fourth-order valence-electron chi connectivity index (χ4n) is 2.28. The summed E-state index contributed by atoms with van der Waals surface area (Å²) < 4.78 is 0. The molecule has 2 aliphatic carbocycles. The Bertz CT molecular complexity index is 192. The highest BCUT2D eigenvalue weighted by Gasteiger charge is 2.33. The van der Waals surface area contributed by atoms with Crippen molar-refractivity contribution in [2.75, 3.05) is 7.05 Å². The fourth-order valence-corrected chi connectivity index (χ4v) is 2.28. The monoisotopic (exact) mass is 181 g/mol. The van der Waals surface area contributed by atoms with Crippen LogP contribution < -0.4 is 0 Å². The van der Waals surface area contributed by atoms with Crippen molar-refractivity contribution in [3.05, 3.63) is 0 Å². The minimum Gasteiger partial charge on any atom is -0.343 e. The van der Waals surface area contributed by atoms with E-state index in [4.69, 9.17) is 0 Å². The summed E-state index contributed by atoms with van der Waals surface area (Å²) in [5.74, 6) is 0.779. The Morgan fingerprint density at radius 3 is 2.23 bits per heavy atom. The van der Waals surface area contributed by atoms with Crippen LogP contribution in [0.4, 0.5) is 0 Å². The molecule has 13 heavy (non-hydrogen) atoms. The van der Waals surface area contributed by atoms with Crippen molar-refractivity contribution in [3.63, 3.8) is 0 Å². The molecule has 0 radical (unpaired) electrons. The minimum absolute atomic E-state index is 0.361. The molecule has 2 rings (SSSR count). The Hall–Kier alpha value is -0.530. The molecule has 1 amide bonds. The maximum absolute atomic E-state index is 11.9. The summed E-state index contributed by atoms with van der Waals surface area (Å²) in [5.41, 5.74) is 0. The smallest absolute Gasteiger partial charge is 0.225 e. The van der Waals surface area contributed by atoms with Crippen molar-refractivity contribution in [2.24, 2.45) is 5.92 Å². The van der Waals surface area contributed by atoms with Crippen LogP contribution in [-0.2, 0) is 4.79 Å². The Balaban J connectivity index is 1.86. The second kappa shape index (κ2) is 3.69. The molecule has 0 spiro atoms. The lowest BCUT2D eigenvalue weighted by Gasteiger charge is -2.26. The third kappa shape index (κ3) is 2.04. The predicted octanol–water partition coefficient (Wildman–Crippen LogP) is 2.19. The van der Waals surface area contributed by atoms with E-state index in [0.29, 0.717) is 17.9 Å². The van der Waals surface area contributed by atoms with E-state index < -0.39 is 0 Å². The van der Waals surface area contributed by atoms with E-state index in [-0.39, 0.29) is 0 Å². The third-order valence-electron chi connectivity index (χ3n) is 3.40. The number of hydrogen-bond acceptors (Lipinski definition) is 1. The molecule has 2 nitrogen and oxygen atoms in total. The molecule has 0 atom stereocenters. The lowest BCUT2D eigenvalue weighted by molar-refractivity contribution is -0.135. The summed E-state index contributed by atoms with van der Waals surface area (Å²) in [7, 11) is 1.98. The van der Waals surface area contributed by atoms with E-state index in [2.05, 4.69) is 0 Å². The first-order valence-electron chi connectivity index (χ1n) is 5.55. The molecule has 2 heteroatoms. The second-order valence-electron chi connectivity index (χ2n) is 4.52. The van der Waals surface area contributed by atoms with Crippen LogP contribution in [0.3, 0.4) is 0 Å². The van der Waals surface area contributed by atoms with E-state index in [1.807, 2.05) is 11.9 Å². The fraction of sp³-hybridized carbons (Fsp3) is 0.909. The van der Waals surface area contributed by atoms with Gasteiger partial charge in [-0.1, -0.05) is 19.3 Å². The zero-order valence-electron chi connectivity index (χ0n) is 8.46. The zero-order valence-corrected chi connectivity index (χ0v) is 8.46. The molecule has 0 heterocycles. The van der Waals surface area contributed by atoms with Gasteiger partial charge in [-0.3, -0.25) is 4.79 Å². The molecule has 2 fully saturated rings. The maximum Gasteiger partial charge on any atom is 0.225 e. The van der Waals surface area contributed by atoms with Gasteiger partial charge in [0, 0.05) is 19.0 Å². The summed E-state index contributed by atoms with van der Waals surface area (Å²) in [5, 5.41) is 0. The topological polar surface area (TPSA) is 20.3 Å². The van der Waals surface area contributed by atoms with Crippen molar-refractivity contribution in [3.8, 4) is 0 Å². The summed E-state index contributed by atoms with van der Waals surface area (Å²) in [6, 6.07) is 0.592. The average Bonchev–Trinajstić information content (AvgIpc) is 3.00. The van der Waals surface area contributed by atoms with E-state index in [1.54, 1.807) is 0 Å². The van der Waals surface area contributed by atoms with Gasteiger partial charge in [-0.2, -0.15) is 0 Å². The van der Waals surface area contributed by atoms with Gasteiger partial charge < -0.3 is 4.90 Å². The van der Waals surface area contributed by atoms with Gasteiger partial charge in [0.2, 0.25) is 5.91 Å². The van der Waals surface area contributed by atoms with Crippen LogP contribution in [0.15, 0.2) is 0 Å². The van der Waals surface area contributed by atoms with Gasteiger partial charge in [0.05, 0.1) is 0 Å². The van der Waals surface area contributed by atoms with Crippen LogP contribution in [0.5, 0.6) is 0 Å². The van der Waals surface area contributed by atoms with Crippen LogP contribution in [0.1, 0.15) is 44.9 Å². The molecule has 0 aromatic heterocycles. The molecule has 0 aliphatic heterocycles. The van der Waals surface area contributed by atoms with Crippen LogP contribution in [0.2, 0.25) is 0 Å². The first-order valence-corrected chi connectivity index (χ1v) is 5.55. The molecule has 2 saturated carbocycles. The number of carbonyl (C=O) groups is 1. The summed E-state index contributed by atoms with van der Waals surface area (Å²) >= 11 is 0. The first kappa shape index (κ1) is 9.04. The molecule has 0 saturated heterocycles. The third-order valence-corrected chi connectivity index (χ3v) is 3.40. The average molecular weight is 181 g/mol. The quantitative estimate of drug-likeness (QED) is 0.639. The first-order chi connectivity index (χ1) is 6.29. The molecule has 0 aromatic carbocycles. The van der Waals surface area contributed by atoms with Crippen molar-refractivity contribution in [1.82, 2.24) is 4.90 Å². The zero-order chi connectivity index (χ0) is 9.26.